The minimum atomic E-state index is -0.486. The summed E-state index contributed by atoms with van der Waals surface area (Å²) in [5.41, 5.74) is 0.436. The first-order chi connectivity index (χ1) is 12.0. The van der Waals surface area contributed by atoms with E-state index in [1.165, 1.54) is 11.8 Å². The lowest BCUT2D eigenvalue weighted by molar-refractivity contribution is -0.144. The van der Waals surface area contributed by atoms with Gasteiger partial charge in [-0.1, -0.05) is 23.2 Å². The smallest absolute Gasteiger partial charge is 0.316 e. The van der Waals surface area contributed by atoms with Crippen LogP contribution in [0, 0.1) is 0 Å². The highest BCUT2D eigenvalue weighted by molar-refractivity contribution is 8.00. The Labute approximate surface area is 159 Å². The normalized spacial score (nSPS) is 10.2. The van der Waals surface area contributed by atoms with Crippen LogP contribution in [-0.4, -0.2) is 31.3 Å². The summed E-state index contributed by atoms with van der Waals surface area (Å²) < 4.78 is 10.0. The maximum Gasteiger partial charge on any atom is 0.316 e. The maximum absolute atomic E-state index is 11.8. The van der Waals surface area contributed by atoms with E-state index >= 15 is 0 Å². The molecule has 0 saturated carbocycles. The van der Waals surface area contributed by atoms with E-state index in [-0.39, 0.29) is 12.4 Å². The molecule has 0 aliphatic rings. The van der Waals surface area contributed by atoms with Gasteiger partial charge in [-0.25, -0.2) is 0 Å². The van der Waals surface area contributed by atoms with Gasteiger partial charge in [-0.3, -0.25) is 9.59 Å². The van der Waals surface area contributed by atoms with Crippen LogP contribution in [0.25, 0.3) is 0 Å². The van der Waals surface area contributed by atoms with Gasteiger partial charge in [0.1, 0.15) is 5.75 Å². The number of anilines is 1. The quantitative estimate of drug-likeness (QED) is 0.555. The largest absolute Gasteiger partial charge is 0.497 e. The number of benzene rings is 2. The lowest BCUT2D eigenvalue weighted by Gasteiger charge is -2.07. The van der Waals surface area contributed by atoms with Gasteiger partial charge in [-0.2, -0.15) is 0 Å². The number of thioether (sulfide) groups is 1. The molecule has 0 aliphatic heterocycles. The molecule has 5 nitrogen and oxygen atoms in total. The Bertz CT molecular complexity index is 733. The molecule has 2 rings (SSSR count). The zero-order chi connectivity index (χ0) is 18.2. The van der Waals surface area contributed by atoms with E-state index in [1.807, 2.05) is 12.1 Å². The van der Waals surface area contributed by atoms with Crippen molar-refractivity contribution in [2.24, 2.45) is 0 Å². The van der Waals surface area contributed by atoms with Crippen molar-refractivity contribution in [3.63, 3.8) is 0 Å². The summed E-state index contributed by atoms with van der Waals surface area (Å²) in [7, 11) is 1.59. The third-order valence-corrected chi connectivity index (χ3v) is 4.35. The van der Waals surface area contributed by atoms with Crippen LogP contribution in [0.2, 0.25) is 10.0 Å². The number of carbonyl (C=O) groups excluding carboxylic acids is 2. The molecule has 0 atom stereocenters. The van der Waals surface area contributed by atoms with E-state index in [0.29, 0.717) is 15.7 Å². The SMILES string of the molecule is COc1ccc(SCC(=O)OCC(=O)Nc2cc(Cl)cc(Cl)c2)cc1. The van der Waals surface area contributed by atoms with E-state index in [2.05, 4.69) is 5.32 Å². The highest BCUT2D eigenvalue weighted by Gasteiger charge is 2.09. The van der Waals surface area contributed by atoms with Crippen LogP contribution in [0.3, 0.4) is 0 Å². The van der Waals surface area contributed by atoms with Gasteiger partial charge in [-0.05, 0) is 42.5 Å². The van der Waals surface area contributed by atoms with Gasteiger partial charge in [0, 0.05) is 20.6 Å². The molecule has 25 heavy (non-hydrogen) atoms. The first kappa shape index (κ1) is 19.4. The summed E-state index contributed by atoms with van der Waals surface area (Å²) >= 11 is 13.0. The number of hydrogen-bond acceptors (Lipinski definition) is 5. The molecule has 0 heterocycles. The summed E-state index contributed by atoms with van der Waals surface area (Å²) in [5.74, 6) is -0.117. The average molecular weight is 400 g/mol. The Morgan fingerprint density at radius 1 is 1.08 bits per heavy atom. The number of nitrogens with one attached hydrogen (secondary N) is 1. The number of rotatable bonds is 7. The van der Waals surface area contributed by atoms with Gasteiger partial charge >= 0.3 is 5.97 Å². The summed E-state index contributed by atoms with van der Waals surface area (Å²) in [6, 6.07) is 11.9. The zero-order valence-electron chi connectivity index (χ0n) is 13.3. The maximum atomic E-state index is 11.8. The first-order valence-corrected chi connectivity index (χ1v) is 8.89. The minimum Gasteiger partial charge on any atom is -0.497 e. The Kier molecular flexibility index (Phi) is 7.43. The van der Waals surface area contributed by atoms with Gasteiger partial charge in [-0.15, -0.1) is 11.8 Å². The Hall–Kier alpha value is -1.89. The van der Waals surface area contributed by atoms with Crippen LogP contribution < -0.4 is 10.1 Å². The second kappa shape index (κ2) is 9.56. The van der Waals surface area contributed by atoms with Gasteiger partial charge < -0.3 is 14.8 Å². The highest BCUT2D eigenvalue weighted by Crippen LogP contribution is 2.23. The van der Waals surface area contributed by atoms with Crippen molar-refractivity contribution in [1.29, 1.82) is 0 Å². The average Bonchev–Trinajstić information content (AvgIpc) is 2.57. The minimum absolute atomic E-state index is 0.0998. The van der Waals surface area contributed by atoms with E-state index in [1.54, 1.807) is 37.4 Å². The van der Waals surface area contributed by atoms with Gasteiger partial charge in [0.25, 0.3) is 5.91 Å². The van der Waals surface area contributed by atoms with Crippen molar-refractivity contribution in [3.05, 3.63) is 52.5 Å². The van der Waals surface area contributed by atoms with Crippen molar-refractivity contribution in [1.82, 2.24) is 0 Å². The van der Waals surface area contributed by atoms with Gasteiger partial charge in [0.2, 0.25) is 0 Å². The second-order valence-electron chi connectivity index (χ2n) is 4.83. The van der Waals surface area contributed by atoms with E-state index in [9.17, 15) is 9.59 Å². The Morgan fingerprint density at radius 3 is 2.32 bits per heavy atom. The number of carbonyl (C=O) groups is 2. The van der Waals surface area contributed by atoms with Gasteiger partial charge in [0.15, 0.2) is 6.61 Å². The monoisotopic (exact) mass is 399 g/mol. The molecule has 132 valence electrons. The standard InChI is InChI=1S/C17H15Cl2NO4S/c1-23-14-2-4-15(5-3-14)25-10-17(22)24-9-16(21)20-13-7-11(18)6-12(19)8-13/h2-8H,9-10H2,1H3,(H,20,21). The van der Waals surface area contributed by atoms with E-state index in [4.69, 9.17) is 32.7 Å². The summed E-state index contributed by atoms with van der Waals surface area (Å²) in [6.07, 6.45) is 0. The molecule has 0 fully saturated rings. The van der Waals surface area contributed by atoms with E-state index < -0.39 is 11.9 Å². The fraction of sp³-hybridized carbons (Fsp3) is 0.176. The summed E-state index contributed by atoms with van der Waals surface area (Å²) in [5, 5.41) is 3.36. The van der Waals surface area contributed by atoms with Crippen molar-refractivity contribution < 1.29 is 19.1 Å². The number of amides is 1. The number of esters is 1. The topological polar surface area (TPSA) is 64.6 Å². The van der Waals surface area contributed by atoms with Crippen LogP contribution in [-0.2, 0) is 14.3 Å². The van der Waals surface area contributed by atoms with Crippen molar-refractivity contribution in [2.75, 3.05) is 24.8 Å². The number of methoxy groups -OCH3 is 1. The number of ether oxygens (including phenoxy) is 2. The third kappa shape index (κ3) is 6.86. The Morgan fingerprint density at radius 2 is 1.72 bits per heavy atom. The molecule has 0 saturated heterocycles. The lowest BCUT2D eigenvalue weighted by Crippen LogP contribution is -2.21. The fourth-order valence-corrected chi connectivity index (χ4v) is 3.05. The van der Waals surface area contributed by atoms with Crippen LogP contribution in [0.1, 0.15) is 0 Å². The fourth-order valence-electron chi connectivity index (χ4n) is 1.82. The third-order valence-electron chi connectivity index (χ3n) is 2.93. The molecule has 0 unspecified atom stereocenters. The number of halogens is 2. The van der Waals surface area contributed by atoms with Gasteiger partial charge in [0.05, 0.1) is 12.9 Å². The summed E-state index contributed by atoms with van der Waals surface area (Å²) in [6.45, 7) is -0.383. The Balaban J connectivity index is 1.74. The van der Waals surface area contributed by atoms with Crippen LogP contribution in [0.4, 0.5) is 5.69 Å². The molecule has 2 aromatic carbocycles. The number of hydrogen-bond donors (Lipinski definition) is 1. The van der Waals surface area contributed by atoms with Crippen LogP contribution in [0.15, 0.2) is 47.4 Å². The predicted molar refractivity (Wildman–Crippen MR) is 99.8 cm³/mol. The zero-order valence-corrected chi connectivity index (χ0v) is 15.6. The molecule has 0 radical (unpaired) electrons. The first-order valence-electron chi connectivity index (χ1n) is 7.14. The van der Waals surface area contributed by atoms with Crippen molar-refractivity contribution in [2.45, 2.75) is 4.90 Å². The lowest BCUT2D eigenvalue weighted by atomic mass is 10.3. The van der Waals surface area contributed by atoms with Crippen LogP contribution in [0.5, 0.6) is 5.75 Å². The second-order valence-corrected chi connectivity index (χ2v) is 6.75. The summed E-state index contributed by atoms with van der Waals surface area (Å²) in [4.78, 5) is 24.4. The predicted octanol–water partition coefficient (Wildman–Crippen LogP) is 4.28. The van der Waals surface area contributed by atoms with Crippen molar-refractivity contribution in [3.8, 4) is 5.75 Å². The highest BCUT2D eigenvalue weighted by atomic mass is 35.5. The molecule has 1 N–H and O–H groups in total. The molecule has 8 heteroatoms. The van der Waals surface area contributed by atoms with E-state index in [0.717, 1.165) is 10.6 Å². The molecule has 0 aliphatic carbocycles. The molecular formula is C17H15Cl2NO4S. The molecule has 0 aromatic heterocycles. The molecule has 0 bridgehead atoms. The van der Waals surface area contributed by atoms with Crippen molar-refractivity contribution >= 4 is 52.5 Å². The van der Waals surface area contributed by atoms with Crippen LogP contribution >= 0.6 is 35.0 Å². The molecule has 0 spiro atoms. The molecular weight excluding hydrogens is 385 g/mol. The molecule has 1 amide bonds. The molecule has 2 aromatic rings.